The lowest BCUT2D eigenvalue weighted by atomic mass is 10.1. The van der Waals surface area contributed by atoms with Crippen LogP contribution in [-0.2, 0) is 16.2 Å². The van der Waals surface area contributed by atoms with Crippen LogP contribution >= 0.6 is 15.9 Å². The van der Waals surface area contributed by atoms with Gasteiger partial charge in [-0.15, -0.1) is 0 Å². The van der Waals surface area contributed by atoms with E-state index in [9.17, 15) is 21.6 Å². The second-order valence-electron chi connectivity index (χ2n) is 3.20. The molecule has 0 aromatic heterocycles. The molecule has 9 heteroatoms. The fraction of sp³-hybridized carbons (Fsp3) is 0.222. The normalized spacial score (nSPS) is 11.9. The highest BCUT2D eigenvalue weighted by molar-refractivity contribution is 9.10. The predicted molar refractivity (Wildman–Crippen MR) is 62.5 cm³/mol. The van der Waals surface area contributed by atoms with Gasteiger partial charge in [0, 0.05) is 5.69 Å². The number of alkyl halides is 4. The summed E-state index contributed by atoms with van der Waals surface area (Å²) in [6.07, 6.45) is -4.72. The standard InChI is InChI=1S/C9H6BrF3N2O2S/c10-5-18(16,17)15-7-2-1-6(4-14)8(3-7)9(11,12)13/h1-3,15H,5H2. The van der Waals surface area contributed by atoms with Gasteiger partial charge in [-0.25, -0.2) is 8.42 Å². The Bertz CT molecular complexity index is 593. The SMILES string of the molecule is N#Cc1ccc(NS(=O)(=O)CBr)cc1C(F)(F)F. The number of sulfonamides is 1. The van der Waals surface area contributed by atoms with Gasteiger partial charge < -0.3 is 0 Å². The van der Waals surface area contributed by atoms with E-state index in [1.807, 2.05) is 4.72 Å². The van der Waals surface area contributed by atoms with Crippen LogP contribution in [-0.4, -0.2) is 13.1 Å². The Kier molecular flexibility index (Phi) is 4.24. The zero-order valence-electron chi connectivity index (χ0n) is 8.62. The summed E-state index contributed by atoms with van der Waals surface area (Å²) in [5, 5.41) is 8.56. The van der Waals surface area contributed by atoms with Crippen LogP contribution in [0.1, 0.15) is 11.1 Å². The van der Waals surface area contributed by atoms with Gasteiger partial charge in [-0.2, -0.15) is 18.4 Å². The molecule has 18 heavy (non-hydrogen) atoms. The number of nitrogens with one attached hydrogen (secondary N) is 1. The van der Waals surface area contributed by atoms with Crippen LogP contribution in [0.2, 0.25) is 0 Å². The molecule has 0 aliphatic rings. The average Bonchev–Trinajstić information content (AvgIpc) is 2.27. The third kappa shape index (κ3) is 3.61. The third-order valence-corrected chi connectivity index (χ3v) is 4.50. The molecule has 0 spiro atoms. The van der Waals surface area contributed by atoms with E-state index in [1.165, 1.54) is 6.07 Å². The van der Waals surface area contributed by atoms with E-state index in [-0.39, 0.29) is 5.69 Å². The largest absolute Gasteiger partial charge is 0.417 e. The topological polar surface area (TPSA) is 70.0 Å². The number of benzene rings is 1. The van der Waals surface area contributed by atoms with Crippen molar-refractivity contribution in [3.05, 3.63) is 29.3 Å². The Labute approximate surface area is 110 Å². The molecule has 0 radical (unpaired) electrons. The number of hydrogen-bond donors (Lipinski definition) is 1. The van der Waals surface area contributed by atoms with Crippen molar-refractivity contribution in [2.24, 2.45) is 0 Å². The lowest BCUT2D eigenvalue weighted by molar-refractivity contribution is -0.137. The molecule has 0 aliphatic carbocycles. The monoisotopic (exact) mass is 342 g/mol. The van der Waals surface area contributed by atoms with Crippen molar-refractivity contribution in [3.63, 3.8) is 0 Å². The van der Waals surface area contributed by atoms with E-state index in [4.69, 9.17) is 5.26 Å². The minimum atomic E-state index is -4.72. The van der Waals surface area contributed by atoms with E-state index in [0.717, 1.165) is 12.1 Å². The minimum absolute atomic E-state index is 0.249. The van der Waals surface area contributed by atoms with E-state index in [0.29, 0.717) is 6.07 Å². The molecule has 0 fully saturated rings. The van der Waals surface area contributed by atoms with Crippen LogP contribution in [0.3, 0.4) is 0 Å². The summed E-state index contributed by atoms with van der Waals surface area (Å²) < 4.78 is 61.6. The second kappa shape index (κ2) is 5.16. The first-order valence-electron chi connectivity index (χ1n) is 4.37. The van der Waals surface area contributed by atoms with Gasteiger partial charge in [0.2, 0.25) is 10.0 Å². The van der Waals surface area contributed by atoms with Crippen molar-refractivity contribution in [3.8, 4) is 6.07 Å². The first-order valence-corrected chi connectivity index (χ1v) is 7.15. The van der Waals surface area contributed by atoms with Gasteiger partial charge in [0.15, 0.2) is 0 Å². The molecule has 0 saturated carbocycles. The van der Waals surface area contributed by atoms with Gasteiger partial charge in [-0.3, -0.25) is 4.72 Å². The Balaban J connectivity index is 3.25. The summed E-state index contributed by atoms with van der Waals surface area (Å²) in [5.41, 5.74) is -2.00. The lowest BCUT2D eigenvalue weighted by Crippen LogP contribution is -2.15. The van der Waals surface area contributed by atoms with Crippen LogP contribution in [0, 0.1) is 11.3 Å². The van der Waals surface area contributed by atoms with Crippen molar-refractivity contribution in [1.29, 1.82) is 5.26 Å². The summed E-state index contributed by atoms with van der Waals surface area (Å²) in [6, 6.07) is 3.98. The van der Waals surface area contributed by atoms with Gasteiger partial charge in [-0.05, 0) is 18.2 Å². The van der Waals surface area contributed by atoms with Crippen molar-refractivity contribution < 1.29 is 21.6 Å². The molecule has 0 amide bonds. The maximum Gasteiger partial charge on any atom is 0.417 e. The van der Waals surface area contributed by atoms with Gasteiger partial charge in [0.05, 0.1) is 17.2 Å². The Hall–Kier alpha value is -1.27. The highest BCUT2D eigenvalue weighted by atomic mass is 79.9. The van der Waals surface area contributed by atoms with E-state index in [2.05, 4.69) is 15.9 Å². The van der Waals surface area contributed by atoms with Crippen LogP contribution in [0.25, 0.3) is 0 Å². The van der Waals surface area contributed by atoms with Gasteiger partial charge in [-0.1, -0.05) is 15.9 Å². The molecule has 98 valence electrons. The molecule has 0 saturated heterocycles. The van der Waals surface area contributed by atoms with Crippen molar-refractivity contribution in [1.82, 2.24) is 0 Å². The quantitative estimate of drug-likeness (QED) is 0.858. The van der Waals surface area contributed by atoms with E-state index < -0.39 is 32.0 Å². The summed E-state index contributed by atoms with van der Waals surface area (Å²) in [6.45, 7) is 0. The average molecular weight is 343 g/mol. The number of halogens is 4. The minimum Gasteiger partial charge on any atom is -0.283 e. The van der Waals surface area contributed by atoms with Crippen molar-refractivity contribution in [2.75, 3.05) is 9.38 Å². The number of hydrogen-bond acceptors (Lipinski definition) is 3. The summed E-state index contributed by atoms with van der Waals surface area (Å²) >= 11 is 2.69. The molecule has 1 aromatic rings. The first-order chi connectivity index (χ1) is 8.19. The first kappa shape index (κ1) is 14.8. The van der Waals surface area contributed by atoms with Crippen LogP contribution in [0.5, 0.6) is 0 Å². The fourth-order valence-electron chi connectivity index (χ4n) is 1.15. The lowest BCUT2D eigenvalue weighted by Gasteiger charge is -2.11. The molecule has 1 aromatic carbocycles. The van der Waals surface area contributed by atoms with E-state index in [1.54, 1.807) is 0 Å². The molecule has 4 nitrogen and oxygen atoms in total. The third-order valence-electron chi connectivity index (χ3n) is 1.86. The highest BCUT2D eigenvalue weighted by Gasteiger charge is 2.34. The maximum atomic E-state index is 12.6. The molecule has 1 rings (SSSR count). The van der Waals surface area contributed by atoms with Gasteiger partial charge >= 0.3 is 6.18 Å². The number of nitrogens with zero attached hydrogens (tertiary/aromatic N) is 1. The highest BCUT2D eigenvalue weighted by Crippen LogP contribution is 2.33. The van der Waals surface area contributed by atoms with Gasteiger partial charge in [0.25, 0.3) is 0 Å². The van der Waals surface area contributed by atoms with Crippen molar-refractivity contribution in [2.45, 2.75) is 6.18 Å². The van der Waals surface area contributed by atoms with E-state index >= 15 is 0 Å². The number of nitriles is 1. The zero-order valence-corrected chi connectivity index (χ0v) is 11.0. The van der Waals surface area contributed by atoms with Crippen LogP contribution < -0.4 is 4.72 Å². The Morgan fingerprint density at radius 2 is 2.00 bits per heavy atom. The molecular weight excluding hydrogens is 337 g/mol. The number of rotatable bonds is 3. The fourth-order valence-corrected chi connectivity index (χ4v) is 2.03. The summed E-state index contributed by atoms with van der Waals surface area (Å²) in [5.74, 6) is 0. The molecule has 0 bridgehead atoms. The molecule has 0 heterocycles. The summed E-state index contributed by atoms with van der Waals surface area (Å²) in [7, 11) is -3.74. The second-order valence-corrected chi connectivity index (χ2v) is 6.22. The number of anilines is 1. The Morgan fingerprint density at radius 1 is 1.39 bits per heavy atom. The summed E-state index contributed by atoms with van der Waals surface area (Å²) in [4.78, 5) is 0. The molecule has 1 N–H and O–H groups in total. The van der Waals surface area contributed by atoms with Crippen LogP contribution in [0.4, 0.5) is 18.9 Å². The molecular formula is C9H6BrF3N2O2S. The van der Waals surface area contributed by atoms with Crippen molar-refractivity contribution >= 4 is 31.6 Å². The zero-order chi connectivity index (χ0) is 14.0. The van der Waals surface area contributed by atoms with Crippen LogP contribution in [0.15, 0.2) is 18.2 Å². The molecule has 0 aliphatic heterocycles. The van der Waals surface area contributed by atoms with Gasteiger partial charge in [0.1, 0.15) is 4.66 Å². The smallest absolute Gasteiger partial charge is 0.283 e. The molecule has 0 unspecified atom stereocenters. The predicted octanol–water partition coefficient (Wildman–Crippen LogP) is 2.67. The molecule has 0 atom stereocenters. The maximum absolute atomic E-state index is 12.6. The Morgan fingerprint density at radius 3 is 2.44 bits per heavy atom.